The molecule has 0 aromatic heterocycles. The van der Waals surface area contributed by atoms with Gasteiger partial charge in [0, 0.05) is 0 Å². The summed E-state index contributed by atoms with van der Waals surface area (Å²) in [5.74, 6) is 0.393. The van der Waals surface area contributed by atoms with E-state index in [1.54, 1.807) is 25.3 Å². The number of hydrogen-bond donors (Lipinski definition) is 0. The number of hydrogen-bond acceptors (Lipinski definition) is 5. The number of anilines is 1. The molecule has 0 bridgehead atoms. The number of rotatable bonds is 6. The zero-order chi connectivity index (χ0) is 20.3. The standard InChI is InChI=1S/C20H17ClFNO3S2/c1-3-8-26-16-7-4-12(9-17(16)25-2)10-18-19(24)23(20(27)28-18)13-5-6-15(22)14(21)11-13/h4-7,9-11H,3,8H2,1-2H3/b18-10-. The van der Waals surface area contributed by atoms with Crippen LogP contribution < -0.4 is 14.4 Å². The number of carbonyl (C=O) groups is 1. The van der Waals surface area contributed by atoms with E-state index in [0.717, 1.165) is 12.0 Å². The summed E-state index contributed by atoms with van der Waals surface area (Å²) < 4.78 is 24.8. The Labute approximate surface area is 177 Å². The first-order chi connectivity index (χ1) is 13.4. The van der Waals surface area contributed by atoms with Crippen LogP contribution in [-0.2, 0) is 4.79 Å². The lowest BCUT2D eigenvalue weighted by Crippen LogP contribution is -2.27. The fourth-order valence-corrected chi connectivity index (χ4v) is 4.04. The number of ether oxygens (including phenoxy) is 2. The van der Waals surface area contributed by atoms with Crippen molar-refractivity contribution in [2.24, 2.45) is 0 Å². The van der Waals surface area contributed by atoms with E-state index in [1.165, 1.54) is 34.9 Å². The molecular formula is C20H17ClFNO3S2. The fourth-order valence-electron chi connectivity index (χ4n) is 2.57. The maximum absolute atomic E-state index is 13.4. The molecule has 2 aromatic rings. The lowest BCUT2D eigenvalue weighted by Gasteiger charge is -2.14. The summed E-state index contributed by atoms with van der Waals surface area (Å²) in [6.07, 6.45) is 2.62. The summed E-state index contributed by atoms with van der Waals surface area (Å²) in [5, 5.41) is -0.0667. The van der Waals surface area contributed by atoms with Crippen molar-refractivity contribution in [2.45, 2.75) is 13.3 Å². The smallest absolute Gasteiger partial charge is 0.270 e. The highest BCUT2D eigenvalue weighted by Crippen LogP contribution is 2.38. The SMILES string of the molecule is CCCOc1ccc(/C=C2\SC(=S)N(c3ccc(F)c(Cl)c3)C2=O)cc1OC. The average Bonchev–Trinajstić information content (AvgIpc) is 2.96. The Kier molecular flexibility index (Phi) is 6.59. The molecule has 1 amide bonds. The van der Waals surface area contributed by atoms with Gasteiger partial charge < -0.3 is 9.47 Å². The highest BCUT2D eigenvalue weighted by atomic mass is 35.5. The third-order valence-corrected chi connectivity index (χ3v) is 5.49. The number of benzene rings is 2. The number of methoxy groups -OCH3 is 1. The van der Waals surface area contributed by atoms with E-state index in [-0.39, 0.29) is 10.9 Å². The van der Waals surface area contributed by atoms with Crippen LogP contribution in [-0.4, -0.2) is 23.9 Å². The van der Waals surface area contributed by atoms with Gasteiger partial charge in [-0.3, -0.25) is 9.69 Å². The highest BCUT2D eigenvalue weighted by Gasteiger charge is 2.33. The van der Waals surface area contributed by atoms with E-state index in [9.17, 15) is 9.18 Å². The summed E-state index contributed by atoms with van der Waals surface area (Å²) in [6.45, 7) is 2.62. The second kappa shape index (κ2) is 8.94. The normalized spacial score (nSPS) is 15.4. The molecule has 1 heterocycles. The van der Waals surface area contributed by atoms with Crippen LogP contribution in [0.4, 0.5) is 10.1 Å². The number of amides is 1. The van der Waals surface area contributed by atoms with Crippen molar-refractivity contribution in [3.63, 3.8) is 0 Å². The summed E-state index contributed by atoms with van der Waals surface area (Å²) in [7, 11) is 1.57. The molecule has 1 aliphatic rings. The fraction of sp³-hybridized carbons (Fsp3) is 0.200. The minimum atomic E-state index is -0.552. The quantitative estimate of drug-likeness (QED) is 0.429. The third-order valence-electron chi connectivity index (χ3n) is 3.90. The molecule has 2 aromatic carbocycles. The Morgan fingerprint density at radius 1 is 1.25 bits per heavy atom. The molecule has 1 fully saturated rings. The lowest BCUT2D eigenvalue weighted by molar-refractivity contribution is -0.113. The van der Waals surface area contributed by atoms with Gasteiger partial charge in [0.25, 0.3) is 5.91 Å². The van der Waals surface area contributed by atoms with Crippen molar-refractivity contribution in [3.8, 4) is 11.5 Å². The molecule has 1 saturated heterocycles. The topological polar surface area (TPSA) is 38.8 Å². The van der Waals surface area contributed by atoms with Crippen LogP contribution >= 0.6 is 35.6 Å². The minimum Gasteiger partial charge on any atom is -0.493 e. The van der Waals surface area contributed by atoms with Crippen LogP contribution in [0.3, 0.4) is 0 Å². The number of carbonyl (C=O) groups excluding carboxylic acids is 1. The van der Waals surface area contributed by atoms with Crippen LogP contribution in [0.15, 0.2) is 41.3 Å². The molecule has 0 atom stereocenters. The number of halogens is 2. The Bertz CT molecular complexity index is 964. The first-order valence-corrected chi connectivity index (χ1v) is 10.1. The highest BCUT2D eigenvalue weighted by molar-refractivity contribution is 8.27. The van der Waals surface area contributed by atoms with Crippen molar-refractivity contribution >= 4 is 57.6 Å². The van der Waals surface area contributed by atoms with Gasteiger partial charge in [0.1, 0.15) is 5.82 Å². The van der Waals surface area contributed by atoms with E-state index in [4.69, 9.17) is 33.3 Å². The van der Waals surface area contributed by atoms with Crippen LogP contribution in [0.25, 0.3) is 6.08 Å². The Morgan fingerprint density at radius 2 is 2.04 bits per heavy atom. The molecule has 4 nitrogen and oxygen atoms in total. The van der Waals surface area contributed by atoms with E-state index >= 15 is 0 Å². The Morgan fingerprint density at radius 3 is 2.71 bits per heavy atom. The van der Waals surface area contributed by atoms with Gasteiger partial charge in [-0.2, -0.15) is 0 Å². The van der Waals surface area contributed by atoms with E-state index in [2.05, 4.69) is 0 Å². The van der Waals surface area contributed by atoms with Crippen LogP contribution in [0.1, 0.15) is 18.9 Å². The van der Waals surface area contributed by atoms with Crippen molar-refractivity contribution in [3.05, 3.63) is 57.7 Å². The molecular weight excluding hydrogens is 421 g/mol. The maximum Gasteiger partial charge on any atom is 0.270 e. The lowest BCUT2D eigenvalue weighted by atomic mass is 10.1. The maximum atomic E-state index is 13.4. The van der Waals surface area contributed by atoms with Gasteiger partial charge >= 0.3 is 0 Å². The van der Waals surface area contributed by atoms with Gasteiger partial charge in [-0.1, -0.05) is 48.6 Å². The Hall–Kier alpha value is -2.09. The summed E-state index contributed by atoms with van der Waals surface area (Å²) in [5.41, 5.74) is 1.21. The van der Waals surface area contributed by atoms with Crippen molar-refractivity contribution in [2.75, 3.05) is 18.6 Å². The number of thiocarbonyl (C=S) groups is 1. The average molecular weight is 438 g/mol. The van der Waals surface area contributed by atoms with Gasteiger partial charge in [-0.25, -0.2) is 4.39 Å². The molecule has 146 valence electrons. The van der Waals surface area contributed by atoms with E-state index in [0.29, 0.717) is 33.0 Å². The molecule has 0 saturated carbocycles. The zero-order valence-corrected chi connectivity index (χ0v) is 17.6. The van der Waals surface area contributed by atoms with E-state index in [1.807, 2.05) is 13.0 Å². The molecule has 3 rings (SSSR count). The first kappa shape index (κ1) is 20.6. The molecule has 28 heavy (non-hydrogen) atoms. The molecule has 0 N–H and O–H groups in total. The largest absolute Gasteiger partial charge is 0.493 e. The van der Waals surface area contributed by atoms with Gasteiger partial charge in [0.15, 0.2) is 15.8 Å². The summed E-state index contributed by atoms with van der Waals surface area (Å²) >= 11 is 12.3. The van der Waals surface area contributed by atoms with Crippen molar-refractivity contribution in [1.29, 1.82) is 0 Å². The van der Waals surface area contributed by atoms with Crippen LogP contribution in [0.5, 0.6) is 11.5 Å². The van der Waals surface area contributed by atoms with E-state index < -0.39 is 5.82 Å². The molecule has 0 spiro atoms. The second-order valence-electron chi connectivity index (χ2n) is 5.87. The van der Waals surface area contributed by atoms with Gasteiger partial charge in [-0.15, -0.1) is 0 Å². The van der Waals surface area contributed by atoms with Crippen molar-refractivity contribution in [1.82, 2.24) is 0 Å². The van der Waals surface area contributed by atoms with Gasteiger partial charge in [-0.05, 0) is 48.4 Å². The monoisotopic (exact) mass is 437 g/mol. The molecule has 1 aliphatic heterocycles. The third kappa shape index (κ3) is 4.32. The minimum absolute atomic E-state index is 0.0667. The van der Waals surface area contributed by atoms with Crippen molar-refractivity contribution < 1.29 is 18.7 Å². The second-order valence-corrected chi connectivity index (χ2v) is 7.96. The number of nitrogens with zero attached hydrogens (tertiary/aromatic N) is 1. The molecule has 8 heteroatoms. The van der Waals surface area contributed by atoms with Gasteiger partial charge in [0.05, 0.1) is 29.3 Å². The predicted molar refractivity (Wildman–Crippen MR) is 116 cm³/mol. The zero-order valence-electron chi connectivity index (χ0n) is 15.2. The summed E-state index contributed by atoms with van der Waals surface area (Å²) in [4.78, 5) is 14.6. The molecule has 0 aliphatic carbocycles. The van der Waals surface area contributed by atoms with Gasteiger partial charge in [0.2, 0.25) is 0 Å². The number of thioether (sulfide) groups is 1. The predicted octanol–water partition coefficient (Wildman–Crippen LogP) is 5.68. The summed E-state index contributed by atoms with van der Waals surface area (Å²) in [6, 6.07) is 9.51. The first-order valence-electron chi connectivity index (χ1n) is 8.48. The Balaban J connectivity index is 1.88. The molecule has 0 radical (unpaired) electrons. The van der Waals surface area contributed by atoms with Crippen LogP contribution in [0, 0.1) is 5.82 Å². The van der Waals surface area contributed by atoms with Crippen LogP contribution in [0.2, 0.25) is 5.02 Å². The molecule has 0 unspecified atom stereocenters.